The minimum atomic E-state index is -1.89. The average molecular weight is 575 g/mol. The summed E-state index contributed by atoms with van der Waals surface area (Å²) in [6.07, 6.45) is 0. The SMILES string of the molecule is COc1ccccc1C(=O)NCCNc1cccc(NS(=O)c2cc(-c3cccc(C(=O)N(C)C)c3)ccc2F)c1. The molecular weight excluding hydrogens is 543 g/mol. The summed E-state index contributed by atoms with van der Waals surface area (Å²) in [7, 11) is 2.97. The molecule has 0 bridgehead atoms. The van der Waals surface area contributed by atoms with Gasteiger partial charge in [0.15, 0.2) is 11.0 Å². The van der Waals surface area contributed by atoms with E-state index < -0.39 is 16.8 Å². The minimum absolute atomic E-state index is 0.00995. The molecule has 0 heterocycles. The van der Waals surface area contributed by atoms with E-state index in [4.69, 9.17) is 4.74 Å². The molecular formula is C31H31FN4O4S. The highest BCUT2D eigenvalue weighted by Crippen LogP contribution is 2.26. The number of methoxy groups -OCH3 is 1. The average Bonchev–Trinajstić information content (AvgIpc) is 2.99. The number of nitrogens with one attached hydrogen (secondary N) is 3. The molecule has 3 N–H and O–H groups in total. The number of rotatable bonds is 11. The molecule has 1 atom stereocenters. The summed E-state index contributed by atoms with van der Waals surface area (Å²) in [5.41, 5.74) is 3.55. The number of nitrogens with zero attached hydrogens (tertiary/aromatic N) is 1. The van der Waals surface area contributed by atoms with Crippen molar-refractivity contribution in [2.75, 3.05) is 44.3 Å². The summed E-state index contributed by atoms with van der Waals surface area (Å²) in [6.45, 7) is 0.805. The maximum Gasteiger partial charge on any atom is 0.255 e. The molecule has 4 aromatic carbocycles. The Morgan fingerprint density at radius 3 is 2.37 bits per heavy atom. The number of halogens is 1. The normalized spacial score (nSPS) is 11.3. The summed E-state index contributed by atoms with van der Waals surface area (Å²) >= 11 is 0. The fourth-order valence-corrected chi connectivity index (χ4v) is 5.01. The van der Waals surface area contributed by atoms with Gasteiger partial charge in [-0.2, -0.15) is 0 Å². The number of ether oxygens (including phenoxy) is 1. The lowest BCUT2D eigenvalue weighted by Gasteiger charge is -2.13. The molecule has 8 nitrogen and oxygen atoms in total. The van der Waals surface area contributed by atoms with Gasteiger partial charge in [0.2, 0.25) is 0 Å². The summed E-state index contributed by atoms with van der Waals surface area (Å²) in [6, 6.07) is 25.4. The summed E-state index contributed by atoms with van der Waals surface area (Å²) in [4.78, 5) is 26.3. The molecule has 4 aromatic rings. The molecule has 0 spiro atoms. The number of hydrogen-bond donors (Lipinski definition) is 3. The number of benzene rings is 4. The number of carbonyl (C=O) groups excluding carboxylic acids is 2. The third kappa shape index (κ3) is 7.49. The highest BCUT2D eigenvalue weighted by Gasteiger charge is 2.15. The molecule has 0 aliphatic carbocycles. The Kier molecular flexibility index (Phi) is 9.70. The van der Waals surface area contributed by atoms with E-state index in [9.17, 15) is 18.2 Å². The van der Waals surface area contributed by atoms with Crippen LogP contribution in [-0.2, 0) is 11.0 Å². The molecule has 0 fully saturated rings. The lowest BCUT2D eigenvalue weighted by molar-refractivity contribution is 0.0827. The fourth-order valence-electron chi connectivity index (χ4n) is 4.08. The summed E-state index contributed by atoms with van der Waals surface area (Å²) < 4.78 is 35.9. The van der Waals surface area contributed by atoms with Crippen LogP contribution in [-0.4, -0.2) is 55.2 Å². The quantitative estimate of drug-likeness (QED) is 0.215. The van der Waals surface area contributed by atoms with Gasteiger partial charge in [0, 0.05) is 44.1 Å². The first-order chi connectivity index (χ1) is 19.8. The molecule has 4 rings (SSSR count). The first-order valence-corrected chi connectivity index (χ1v) is 14.0. The predicted molar refractivity (Wildman–Crippen MR) is 160 cm³/mol. The first-order valence-electron chi connectivity index (χ1n) is 12.8. The van der Waals surface area contributed by atoms with Crippen LogP contribution in [0.1, 0.15) is 20.7 Å². The second-order valence-corrected chi connectivity index (χ2v) is 10.4. The van der Waals surface area contributed by atoms with Crippen LogP contribution in [0.4, 0.5) is 15.8 Å². The zero-order valence-electron chi connectivity index (χ0n) is 22.9. The topological polar surface area (TPSA) is 99.8 Å². The lowest BCUT2D eigenvalue weighted by atomic mass is 10.0. The van der Waals surface area contributed by atoms with Crippen molar-refractivity contribution in [1.82, 2.24) is 10.2 Å². The molecule has 1 unspecified atom stereocenters. The number of para-hydroxylation sites is 1. The Bertz CT molecular complexity index is 1580. The highest BCUT2D eigenvalue weighted by atomic mass is 32.2. The van der Waals surface area contributed by atoms with Gasteiger partial charge in [-0.05, 0) is 65.7 Å². The second kappa shape index (κ2) is 13.6. The molecule has 10 heteroatoms. The van der Waals surface area contributed by atoms with Crippen molar-refractivity contribution in [3.05, 3.63) is 108 Å². The zero-order chi connectivity index (χ0) is 29.4. The van der Waals surface area contributed by atoms with E-state index in [0.717, 1.165) is 5.69 Å². The van der Waals surface area contributed by atoms with Gasteiger partial charge in [-0.15, -0.1) is 0 Å². The Hall–Kier alpha value is -4.70. The van der Waals surface area contributed by atoms with Gasteiger partial charge in [-0.25, -0.2) is 8.60 Å². The van der Waals surface area contributed by atoms with Crippen molar-refractivity contribution < 1.29 is 22.9 Å². The standard InChI is InChI=1S/C31H31FN4O4S/c1-36(2)31(38)23-9-6-8-21(18-23)22-14-15-27(32)29(19-22)41(39)35-25-11-7-10-24(20-25)33-16-17-34-30(37)26-12-4-5-13-28(26)40-3/h4-15,18-20,33,35H,16-17H2,1-3H3,(H,34,37). The molecule has 41 heavy (non-hydrogen) atoms. The van der Waals surface area contributed by atoms with Crippen molar-refractivity contribution in [3.63, 3.8) is 0 Å². The van der Waals surface area contributed by atoms with Crippen LogP contribution in [0, 0.1) is 5.82 Å². The van der Waals surface area contributed by atoms with E-state index >= 15 is 0 Å². The molecule has 0 saturated heterocycles. The van der Waals surface area contributed by atoms with Gasteiger partial charge >= 0.3 is 0 Å². The maximum atomic E-state index is 14.7. The van der Waals surface area contributed by atoms with Crippen LogP contribution in [0.3, 0.4) is 0 Å². The van der Waals surface area contributed by atoms with Crippen LogP contribution in [0.5, 0.6) is 5.75 Å². The monoisotopic (exact) mass is 574 g/mol. The van der Waals surface area contributed by atoms with Gasteiger partial charge in [-0.1, -0.05) is 36.4 Å². The van der Waals surface area contributed by atoms with Crippen molar-refractivity contribution in [2.24, 2.45) is 0 Å². The molecule has 0 aromatic heterocycles. The van der Waals surface area contributed by atoms with Crippen LogP contribution in [0.2, 0.25) is 0 Å². The number of hydrogen-bond acceptors (Lipinski definition) is 5. The third-order valence-electron chi connectivity index (χ3n) is 6.14. The van der Waals surface area contributed by atoms with Gasteiger partial charge < -0.3 is 25.0 Å². The van der Waals surface area contributed by atoms with Gasteiger partial charge in [-0.3, -0.25) is 9.59 Å². The Balaban J connectivity index is 1.38. The molecule has 0 radical (unpaired) electrons. The van der Waals surface area contributed by atoms with Gasteiger partial charge in [0.25, 0.3) is 11.8 Å². The minimum Gasteiger partial charge on any atom is -0.496 e. The van der Waals surface area contributed by atoms with Crippen LogP contribution in [0.15, 0.2) is 95.9 Å². The largest absolute Gasteiger partial charge is 0.496 e. The fraction of sp³-hybridized carbons (Fsp3) is 0.161. The summed E-state index contributed by atoms with van der Waals surface area (Å²) in [5.74, 6) is -0.498. The van der Waals surface area contributed by atoms with Crippen LogP contribution < -0.4 is 20.1 Å². The number of amides is 2. The zero-order valence-corrected chi connectivity index (χ0v) is 23.8. The van der Waals surface area contributed by atoms with E-state index in [1.165, 1.54) is 24.1 Å². The smallest absolute Gasteiger partial charge is 0.255 e. The van der Waals surface area contributed by atoms with Gasteiger partial charge in [0.1, 0.15) is 11.6 Å². The van der Waals surface area contributed by atoms with Crippen LogP contribution in [0.25, 0.3) is 11.1 Å². The van der Waals surface area contributed by atoms with Crippen molar-refractivity contribution in [2.45, 2.75) is 4.90 Å². The number of anilines is 2. The van der Waals surface area contributed by atoms with E-state index in [1.807, 2.05) is 12.1 Å². The van der Waals surface area contributed by atoms with E-state index in [1.54, 1.807) is 80.8 Å². The molecule has 0 aliphatic rings. The maximum absolute atomic E-state index is 14.7. The third-order valence-corrected chi connectivity index (χ3v) is 7.28. The summed E-state index contributed by atoms with van der Waals surface area (Å²) in [5, 5.41) is 6.05. The van der Waals surface area contributed by atoms with E-state index in [-0.39, 0.29) is 16.7 Å². The number of carbonyl (C=O) groups is 2. The molecule has 0 saturated carbocycles. The Labute approximate surface area is 241 Å². The first kappa shape index (κ1) is 29.3. The van der Waals surface area contributed by atoms with E-state index in [2.05, 4.69) is 15.4 Å². The van der Waals surface area contributed by atoms with Crippen molar-refractivity contribution in [1.29, 1.82) is 0 Å². The lowest BCUT2D eigenvalue weighted by Crippen LogP contribution is -2.29. The Morgan fingerprint density at radius 2 is 1.59 bits per heavy atom. The van der Waals surface area contributed by atoms with Crippen LogP contribution >= 0.6 is 0 Å². The highest BCUT2D eigenvalue weighted by molar-refractivity contribution is 7.86. The molecule has 0 aliphatic heterocycles. The van der Waals surface area contributed by atoms with E-state index in [0.29, 0.717) is 46.8 Å². The molecule has 2 amide bonds. The predicted octanol–water partition coefficient (Wildman–Crippen LogP) is 5.18. The molecule has 212 valence electrons. The van der Waals surface area contributed by atoms with Crippen molar-refractivity contribution in [3.8, 4) is 16.9 Å². The second-order valence-electron chi connectivity index (χ2n) is 9.26. The van der Waals surface area contributed by atoms with Crippen molar-refractivity contribution >= 4 is 34.2 Å². The Morgan fingerprint density at radius 1 is 0.854 bits per heavy atom. The van der Waals surface area contributed by atoms with Gasteiger partial charge in [0.05, 0.1) is 17.6 Å².